The Morgan fingerprint density at radius 2 is 2.31 bits per heavy atom. The SMILES string of the molecule is COCC(CO)NCc1ccc(Cl)cc1Br. The second kappa shape index (κ2) is 7.25. The molecule has 5 heteroatoms. The molecule has 1 rings (SSSR count). The quantitative estimate of drug-likeness (QED) is 0.846. The van der Waals surface area contributed by atoms with E-state index in [1.54, 1.807) is 7.11 Å². The van der Waals surface area contributed by atoms with Gasteiger partial charge >= 0.3 is 0 Å². The van der Waals surface area contributed by atoms with Gasteiger partial charge in [0, 0.05) is 23.1 Å². The lowest BCUT2D eigenvalue weighted by Crippen LogP contribution is -2.35. The molecular weight excluding hydrogens is 293 g/mol. The number of hydrogen-bond acceptors (Lipinski definition) is 3. The number of halogens is 2. The molecule has 1 unspecified atom stereocenters. The Kier molecular flexibility index (Phi) is 6.31. The topological polar surface area (TPSA) is 41.5 Å². The summed E-state index contributed by atoms with van der Waals surface area (Å²) in [7, 11) is 1.61. The molecule has 0 heterocycles. The number of hydrogen-bond donors (Lipinski definition) is 2. The van der Waals surface area contributed by atoms with Crippen LogP contribution in [0.3, 0.4) is 0 Å². The summed E-state index contributed by atoms with van der Waals surface area (Å²) in [5.74, 6) is 0. The third-order valence-corrected chi connectivity index (χ3v) is 3.16. The van der Waals surface area contributed by atoms with Crippen molar-refractivity contribution in [3.05, 3.63) is 33.3 Å². The number of nitrogens with one attached hydrogen (secondary N) is 1. The van der Waals surface area contributed by atoms with Gasteiger partial charge in [-0.25, -0.2) is 0 Å². The minimum atomic E-state index is -0.0485. The van der Waals surface area contributed by atoms with Crippen LogP contribution in [0.1, 0.15) is 5.56 Å². The molecule has 3 nitrogen and oxygen atoms in total. The van der Waals surface area contributed by atoms with Crippen molar-refractivity contribution in [1.29, 1.82) is 0 Å². The monoisotopic (exact) mass is 307 g/mol. The van der Waals surface area contributed by atoms with Gasteiger partial charge in [0.1, 0.15) is 0 Å². The van der Waals surface area contributed by atoms with E-state index in [2.05, 4.69) is 21.2 Å². The van der Waals surface area contributed by atoms with Crippen molar-refractivity contribution in [2.75, 3.05) is 20.3 Å². The Morgan fingerprint density at radius 3 is 2.88 bits per heavy atom. The van der Waals surface area contributed by atoms with Crippen molar-refractivity contribution in [2.45, 2.75) is 12.6 Å². The van der Waals surface area contributed by atoms with Crippen LogP contribution < -0.4 is 5.32 Å². The predicted molar refractivity (Wildman–Crippen MR) is 68.7 cm³/mol. The van der Waals surface area contributed by atoms with Crippen molar-refractivity contribution in [3.8, 4) is 0 Å². The Morgan fingerprint density at radius 1 is 1.56 bits per heavy atom. The van der Waals surface area contributed by atoms with E-state index < -0.39 is 0 Å². The number of aliphatic hydroxyl groups is 1. The van der Waals surface area contributed by atoms with Crippen LogP contribution in [0.5, 0.6) is 0 Å². The smallest absolute Gasteiger partial charge is 0.0638 e. The number of aliphatic hydroxyl groups excluding tert-OH is 1. The molecule has 0 fully saturated rings. The number of rotatable bonds is 6. The summed E-state index contributed by atoms with van der Waals surface area (Å²) in [6.45, 7) is 1.20. The maximum atomic E-state index is 9.07. The van der Waals surface area contributed by atoms with E-state index in [9.17, 15) is 0 Å². The van der Waals surface area contributed by atoms with Crippen LogP contribution in [0, 0.1) is 0 Å². The van der Waals surface area contributed by atoms with E-state index in [0.717, 1.165) is 10.0 Å². The number of methoxy groups -OCH3 is 1. The summed E-state index contributed by atoms with van der Waals surface area (Å²) in [6, 6.07) is 5.59. The molecule has 0 radical (unpaired) electrons. The largest absolute Gasteiger partial charge is 0.395 e. The maximum absolute atomic E-state index is 9.07. The third kappa shape index (κ3) is 4.39. The van der Waals surface area contributed by atoms with Gasteiger partial charge < -0.3 is 15.2 Å². The second-order valence-corrected chi connectivity index (χ2v) is 4.74. The van der Waals surface area contributed by atoms with Gasteiger partial charge in [0.25, 0.3) is 0 Å². The van der Waals surface area contributed by atoms with Gasteiger partial charge in [-0.15, -0.1) is 0 Å². The van der Waals surface area contributed by atoms with Crippen LogP contribution in [0.25, 0.3) is 0 Å². The van der Waals surface area contributed by atoms with Gasteiger partial charge in [-0.3, -0.25) is 0 Å². The first kappa shape index (κ1) is 13.9. The molecule has 0 aliphatic carbocycles. The lowest BCUT2D eigenvalue weighted by molar-refractivity contribution is 0.128. The van der Waals surface area contributed by atoms with Crippen LogP contribution in [0.2, 0.25) is 5.02 Å². The summed E-state index contributed by atoms with van der Waals surface area (Å²) in [5.41, 5.74) is 1.10. The van der Waals surface area contributed by atoms with Crippen LogP contribution in [-0.2, 0) is 11.3 Å². The Balaban J connectivity index is 2.53. The van der Waals surface area contributed by atoms with Crippen molar-refractivity contribution >= 4 is 27.5 Å². The molecule has 1 atom stereocenters. The molecule has 0 saturated heterocycles. The molecule has 0 saturated carbocycles. The molecule has 0 aliphatic heterocycles. The summed E-state index contributed by atoms with van der Waals surface area (Å²) >= 11 is 9.29. The normalized spacial score (nSPS) is 12.8. The fraction of sp³-hybridized carbons (Fsp3) is 0.455. The van der Waals surface area contributed by atoms with Crippen molar-refractivity contribution in [1.82, 2.24) is 5.32 Å². The first-order valence-electron chi connectivity index (χ1n) is 4.94. The van der Waals surface area contributed by atoms with Crippen LogP contribution in [0.15, 0.2) is 22.7 Å². The summed E-state index contributed by atoms with van der Waals surface area (Å²) in [6.07, 6.45) is 0. The van der Waals surface area contributed by atoms with E-state index in [4.69, 9.17) is 21.4 Å². The van der Waals surface area contributed by atoms with Crippen LogP contribution in [0.4, 0.5) is 0 Å². The first-order valence-corrected chi connectivity index (χ1v) is 6.11. The average Bonchev–Trinajstić information content (AvgIpc) is 2.26. The highest BCUT2D eigenvalue weighted by Gasteiger charge is 2.07. The molecule has 1 aromatic carbocycles. The average molecular weight is 309 g/mol. The van der Waals surface area contributed by atoms with E-state index in [-0.39, 0.29) is 12.6 Å². The van der Waals surface area contributed by atoms with E-state index >= 15 is 0 Å². The van der Waals surface area contributed by atoms with Crippen LogP contribution >= 0.6 is 27.5 Å². The predicted octanol–water partition coefficient (Wildman–Crippen LogP) is 2.20. The molecule has 0 spiro atoms. The van der Waals surface area contributed by atoms with Crippen LogP contribution in [-0.4, -0.2) is 31.5 Å². The highest BCUT2D eigenvalue weighted by molar-refractivity contribution is 9.10. The van der Waals surface area contributed by atoms with Crippen molar-refractivity contribution in [2.24, 2.45) is 0 Å². The molecule has 0 bridgehead atoms. The fourth-order valence-electron chi connectivity index (χ4n) is 1.30. The lowest BCUT2D eigenvalue weighted by atomic mass is 10.2. The molecule has 0 aliphatic rings. The van der Waals surface area contributed by atoms with E-state index in [1.165, 1.54) is 0 Å². The number of benzene rings is 1. The highest BCUT2D eigenvalue weighted by atomic mass is 79.9. The third-order valence-electron chi connectivity index (χ3n) is 2.18. The lowest BCUT2D eigenvalue weighted by Gasteiger charge is -2.15. The summed E-state index contributed by atoms with van der Waals surface area (Å²) in [4.78, 5) is 0. The molecule has 0 aromatic heterocycles. The molecule has 1 aromatic rings. The molecule has 16 heavy (non-hydrogen) atoms. The molecule has 90 valence electrons. The summed E-state index contributed by atoms with van der Waals surface area (Å²) in [5, 5.41) is 13.0. The van der Waals surface area contributed by atoms with E-state index in [0.29, 0.717) is 18.2 Å². The Bertz CT molecular complexity index is 336. The zero-order chi connectivity index (χ0) is 12.0. The van der Waals surface area contributed by atoms with Gasteiger partial charge in [0.05, 0.1) is 19.3 Å². The molecule has 2 N–H and O–H groups in total. The molecular formula is C11H15BrClNO2. The van der Waals surface area contributed by atoms with Crippen molar-refractivity contribution < 1.29 is 9.84 Å². The number of ether oxygens (including phenoxy) is 1. The highest BCUT2D eigenvalue weighted by Crippen LogP contribution is 2.21. The van der Waals surface area contributed by atoms with Gasteiger partial charge in [-0.2, -0.15) is 0 Å². The minimum Gasteiger partial charge on any atom is -0.395 e. The van der Waals surface area contributed by atoms with Gasteiger partial charge in [-0.1, -0.05) is 33.6 Å². The van der Waals surface area contributed by atoms with E-state index in [1.807, 2.05) is 18.2 Å². The first-order chi connectivity index (χ1) is 7.67. The Labute approximate surface area is 109 Å². The zero-order valence-corrected chi connectivity index (χ0v) is 11.4. The van der Waals surface area contributed by atoms with Gasteiger partial charge in [0.2, 0.25) is 0 Å². The fourth-order valence-corrected chi connectivity index (χ4v) is 2.12. The van der Waals surface area contributed by atoms with Gasteiger partial charge in [-0.05, 0) is 17.7 Å². The summed E-state index contributed by atoms with van der Waals surface area (Å²) < 4.78 is 5.94. The molecule has 0 amide bonds. The second-order valence-electron chi connectivity index (χ2n) is 3.45. The standard InChI is InChI=1S/C11H15BrClNO2/c1-16-7-10(6-15)14-5-8-2-3-9(13)4-11(8)12/h2-4,10,14-15H,5-7H2,1H3. The van der Waals surface area contributed by atoms with Gasteiger partial charge in [0.15, 0.2) is 0 Å². The zero-order valence-electron chi connectivity index (χ0n) is 9.04. The Hall–Kier alpha value is -0.130. The van der Waals surface area contributed by atoms with Crippen molar-refractivity contribution in [3.63, 3.8) is 0 Å². The minimum absolute atomic E-state index is 0.0485. The maximum Gasteiger partial charge on any atom is 0.0638 e.